The molecule has 26 heavy (non-hydrogen) atoms. The molecular weight excluding hydrogens is 328 g/mol. The van der Waals surface area contributed by atoms with Crippen LogP contribution < -0.4 is 15.0 Å². The van der Waals surface area contributed by atoms with Crippen LogP contribution in [0.4, 0.5) is 5.69 Å². The lowest BCUT2D eigenvalue weighted by Gasteiger charge is -2.24. The van der Waals surface area contributed by atoms with Crippen LogP contribution >= 0.6 is 0 Å². The van der Waals surface area contributed by atoms with Gasteiger partial charge in [-0.2, -0.15) is 0 Å². The maximum Gasteiger partial charge on any atom is 0.240 e. The zero-order valence-electron chi connectivity index (χ0n) is 16.1. The van der Waals surface area contributed by atoms with Crippen molar-refractivity contribution in [3.8, 4) is 5.75 Å². The normalized spacial score (nSPS) is 13.9. The Morgan fingerprint density at radius 3 is 2.65 bits per heavy atom. The van der Waals surface area contributed by atoms with Crippen molar-refractivity contribution in [3.63, 3.8) is 0 Å². The molecule has 1 aliphatic rings. The molecule has 1 aromatic rings. The van der Waals surface area contributed by atoms with E-state index in [1.54, 1.807) is 6.07 Å². The fourth-order valence-corrected chi connectivity index (χ4v) is 3.09. The number of carbonyl (C=O) groups is 2. The zero-order chi connectivity index (χ0) is 18.9. The van der Waals surface area contributed by atoms with Gasteiger partial charge in [-0.15, -0.1) is 0 Å². The number of hydrogen-bond acceptors (Lipinski definition) is 3. The number of anilines is 1. The van der Waals surface area contributed by atoms with Crippen molar-refractivity contribution in [2.24, 2.45) is 0 Å². The molecule has 0 bridgehead atoms. The van der Waals surface area contributed by atoms with Crippen molar-refractivity contribution in [2.75, 3.05) is 18.0 Å². The molecule has 1 N–H and O–H groups in total. The van der Waals surface area contributed by atoms with E-state index < -0.39 is 0 Å². The third kappa shape index (κ3) is 6.21. The first-order valence-electron chi connectivity index (χ1n) is 9.45. The molecule has 1 aliphatic carbocycles. The third-order valence-electron chi connectivity index (χ3n) is 4.35. The highest BCUT2D eigenvalue weighted by atomic mass is 16.5. The number of nitrogens with zero attached hydrogens (tertiary/aromatic N) is 1. The second-order valence-corrected chi connectivity index (χ2v) is 6.95. The predicted molar refractivity (Wildman–Crippen MR) is 104 cm³/mol. The van der Waals surface area contributed by atoms with Gasteiger partial charge in [-0.25, -0.2) is 0 Å². The van der Waals surface area contributed by atoms with E-state index >= 15 is 0 Å². The van der Waals surface area contributed by atoms with Crippen LogP contribution in [-0.2, 0) is 9.59 Å². The van der Waals surface area contributed by atoms with Gasteiger partial charge < -0.3 is 10.1 Å². The first-order valence-corrected chi connectivity index (χ1v) is 9.45. The van der Waals surface area contributed by atoms with E-state index in [9.17, 15) is 9.59 Å². The average molecular weight is 358 g/mol. The minimum Gasteiger partial charge on any atom is -0.489 e. The van der Waals surface area contributed by atoms with Gasteiger partial charge in [0, 0.05) is 13.5 Å². The van der Waals surface area contributed by atoms with Gasteiger partial charge in [-0.05, 0) is 58.1 Å². The highest BCUT2D eigenvalue weighted by molar-refractivity contribution is 5.98. The SMILES string of the molecule is CC(=O)N(CC(=O)NCCC1=CCCCC1)c1ccccc1OC(C)C. The fraction of sp³-hybridized carbons (Fsp3) is 0.524. The molecule has 2 amide bonds. The molecule has 0 radical (unpaired) electrons. The lowest BCUT2D eigenvalue weighted by molar-refractivity contribution is -0.123. The number of amides is 2. The number of ether oxygens (including phenoxy) is 1. The van der Waals surface area contributed by atoms with E-state index in [0.29, 0.717) is 18.0 Å². The largest absolute Gasteiger partial charge is 0.489 e. The summed E-state index contributed by atoms with van der Waals surface area (Å²) >= 11 is 0. The molecule has 2 rings (SSSR count). The van der Waals surface area contributed by atoms with Crippen LogP contribution in [0.25, 0.3) is 0 Å². The summed E-state index contributed by atoms with van der Waals surface area (Å²) in [6.07, 6.45) is 7.95. The van der Waals surface area contributed by atoms with Crippen LogP contribution in [0.15, 0.2) is 35.9 Å². The Bertz CT molecular complexity index is 652. The Balaban J connectivity index is 1.96. The molecule has 142 valence electrons. The van der Waals surface area contributed by atoms with Crippen molar-refractivity contribution in [3.05, 3.63) is 35.9 Å². The Hall–Kier alpha value is -2.30. The van der Waals surface area contributed by atoms with Crippen molar-refractivity contribution >= 4 is 17.5 Å². The summed E-state index contributed by atoms with van der Waals surface area (Å²) < 4.78 is 5.79. The molecule has 0 aromatic heterocycles. The summed E-state index contributed by atoms with van der Waals surface area (Å²) in [5.74, 6) is 0.267. The van der Waals surface area contributed by atoms with E-state index in [1.807, 2.05) is 32.0 Å². The Morgan fingerprint density at radius 2 is 2.00 bits per heavy atom. The van der Waals surface area contributed by atoms with Gasteiger partial charge in [0.05, 0.1) is 11.8 Å². The van der Waals surface area contributed by atoms with Crippen LogP contribution in [0.3, 0.4) is 0 Å². The summed E-state index contributed by atoms with van der Waals surface area (Å²) in [5.41, 5.74) is 2.05. The van der Waals surface area contributed by atoms with Gasteiger partial charge in [0.15, 0.2) is 0 Å². The molecule has 0 spiro atoms. The molecule has 5 heteroatoms. The predicted octanol–water partition coefficient (Wildman–Crippen LogP) is 3.83. The van der Waals surface area contributed by atoms with Crippen molar-refractivity contribution < 1.29 is 14.3 Å². The van der Waals surface area contributed by atoms with E-state index in [2.05, 4.69) is 11.4 Å². The quantitative estimate of drug-likeness (QED) is 0.719. The van der Waals surface area contributed by atoms with Gasteiger partial charge in [0.25, 0.3) is 0 Å². The van der Waals surface area contributed by atoms with E-state index in [-0.39, 0.29) is 24.5 Å². The molecular formula is C21H30N2O3. The number of hydrogen-bond donors (Lipinski definition) is 1. The number of para-hydroxylation sites is 2. The standard InChI is InChI=1S/C21H30N2O3/c1-16(2)26-20-12-8-7-11-19(20)23(17(3)24)15-21(25)22-14-13-18-9-5-4-6-10-18/h7-9,11-12,16H,4-6,10,13-15H2,1-3H3,(H,22,25). The molecule has 0 fully saturated rings. The summed E-state index contributed by atoms with van der Waals surface area (Å²) in [6, 6.07) is 7.32. The van der Waals surface area contributed by atoms with Gasteiger partial charge in [0.2, 0.25) is 11.8 Å². The maximum atomic E-state index is 12.3. The minimum absolute atomic E-state index is 0.00709. The molecule has 5 nitrogen and oxygen atoms in total. The maximum absolute atomic E-state index is 12.3. The highest BCUT2D eigenvalue weighted by Crippen LogP contribution is 2.29. The van der Waals surface area contributed by atoms with Crippen molar-refractivity contribution in [1.82, 2.24) is 5.32 Å². The Morgan fingerprint density at radius 1 is 1.23 bits per heavy atom. The lowest BCUT2D eigenvalue weighted by Crippen LogP contribution is -2.40. The number of rotatable bonds is 8. The van der Waals surface area contributed by atoms with Crippen LogP contribution in [0.1, 0.15) is 52.9 Å². The molecule has 0 unspecified atom stereocenters. The lowest BCUT2D eigenvalue weighted by atomic mass is 9.97. The smallest absolute Gasteiger partial charge is 0.240 e. The van der Waals surface area contributed by atoms with Gasteiger partial charge in [-0.1, -0.05) is 23.8 Å². The average Bonchev–Trinajstić information content (AvgIpc) is 2.60. The monoisotopic (exact) mass is 358 g/mol. The van der Waals surface area contributed by atoms with Crippen molar-refractivity contribution in [1.29, 1.82) is 0 Å². The zero-order valence-corrected chi connectivity index (χ0v) is 16.1. The molecule has 0 saturated carbocycles. The first-order chi connectivity index (χ1) is 12.5. The summed E-state index contributed by atoms with van der Waals surface area (Å²) in [7, 11) is 0. The van der Waals surface area contributed by atoms with E-state index in [4.69, 9.17) is 4.74 Å². The number of allylic oxidation sites excluding steroid dienone is 1. The van der Waals surface area contributed by atoms with Gasteiger partial charge >= 0.3 is 0 Å². The van der Waals surface area contributed by atoms with Crippen LogP contribution in [-0.4, -0.2) is 31.0 Å². The number of nitrogens with one attached hydrogen (secondary N) is 1. The van der Waals surface area contributed by atoms with Crippen molar-refractivity contribution in [2.45, 2.75) is 59.0 Å². The molecule has 0 saturated heterocycles. The number of carbonyl (C=O) groups excluding carboxylic acids is 2. The third-order valence-corrected chi connectivity index (χ3v) is 4.35. The summed E-state index contributed by atoms with van der Waals surface area (Å²) in [4.78, 5) is 25.9. The van der Waals surface area contributed by atoms with E-state index in [1.165, 1.54) is 30.2 Å². The van der Waals surface area contributed by atoms with E-state index in [0.717, 1.165) is 19.3 Å². The molecule has 1 aromatic carbocycles. The van der Waals surface area contributed by atoms with Crippen LogP contribution in [0, 0.1) is 0 Å². The molecule has 0 heterocycles. The summed E-state index contributed by atoms with van der Waals surface area (Å²) in [5, 5.41) is 2.93. The topological polar surface area (TPSA) is 58.6 Å². The summed E-state index contributed by atoms with van der Waals surface area (Å²) in [6.45, 7) is 5.93. The van der Waals surface area contributed by atoms with Crippen LogP contribution in [0.5, 0.6) is 5.75 Å². The molecule has 0 atom stereocenters. The Labute approximate surface area is 156 Å². The van der Waals surface area contributed by atoms with Crippen LogP contribution in [0.2, 0.25) is 0 Å². The number of benzene rings is 1. The Kier molecular flexibility index (Phi) is 7.70. The highest BCUT2D eigenvalue weighted by Gasteiger charge is 2.19. The fourth-order valence-electron chi connectivity index (χ4n) is 3.09. The minimum atomic E-state index is -0.185. The second-order valence-electron chi connectivity index (χ2n) is 6.95. The molecule has 0 aliphatic heterocycles. The van der Waals surface area contributed by atoms with Gasteiger partial charge in [-0.3, -0.25) is 14.5 Å². The second kappa shape index (κ2) is 10.00. The first kappa shape index (κ1) is 20.0. The van der Waals surface area contributed by atoms with Gasteiger partial charge in [0.1, 0.15) is 12.3 Å².